The first kappa shape index (κ1) is 23.7. The molecule has 0 saturated carbocycles. The topological polar surface area (TPSA) is 76.4 Å². The van der Waals surface area contributed by atoms with Crippen LogP contribution in [0.25, 0.3) is 6.08 Å². The Bertz CT molecular complexity index is 1310. The van der Waals surface area contributed by atoms with Crippen LogP contribution in [0.4, 0.5) is 0 Å². The highest BCUT2D eigenvalue weighted by molar-refractivity contribution is 7.95. The number of sulfone groups is 1. The van der Waals surface area contributed by atoms with E-state index in [9.17, 15) is 13.7 Å². The van der Waals surface area contributed by atoms with E-state index in [0.717, 1.165) is 11.1 Å². The maximum absolute atomic E-state index is 12.8. The molecule has 0 aliphatic heterocycles. The van der Waals surface area contributed by atoms with E-state index in [1.807, 2.05) is 6.92 Å². The molecule has 5 nitrogen and oxygen atoms in total. The molecule has 3 aromatic carbocycles. The molecule has 0 atom stereocenters. The van der Waals surface area contributed by atoms with Crippen molar-refractivity contribution in [2.75, 3.05) is 7.11 Å². The van der Waals surface area contributed by atoms with Crippen molar-refractivity contribution in [3.63, 3.8) is 0 Å². The van der Waals surface area contributed by atoms with Gasteiger partial charge in [0.1, 0.15) is 17.6 Å². The fourth-order valence-corrected chi connectivity index (χ4v) is 4.33. The zero-order valence-electron chi connectivity index (χ0n) is 17.3. The molecular weight excluding hydrogens is 469 g/mol. The van der Waals surface area contributed by atoms with Crippen LogP contribution >= 0.6 is 23.2 Å². The third-order valence-corrected chi connectivity index (χ3v) is 7.01. The van der Waals surface area contributed by atoms with Crippen LogP contribution in [-0.4, -0.2) is 15.5 Å². The Morgan fingerprint density at radius 1 is 1.00 bits per heavy atom. The Balaban J connectivity index is 1.86. The van der Waals surface area contributed by atoms with Crippen LogP contribution in [0.5, 0.6) is 11.5 Å². The van der Waals surface area contributed by atoms with E-state index in [0.29, 0.717) is 27.1 Å². The summed E-state index contributed by atoms with van der Waals surface area (Å²) in [4.78, 5) is -0.308. The number of benzene rings is 3. The Hall–Kier alpha value is -2.98. The molecule has 3 aromatic rings. The molecule has 0 aliphatic carbocycles. The second-order valence-corrected chi connectivity index (χ2v) is 9.62. The summed E-state index contributed by atoms with van der Waals surface area (Å²) in [5, 5.41) is 10.4. The van der Waals surface area contributed by atoms with Gasteiger partial charge in [-0.2, -0.15) is 5.26 Å². The molecule has 0 spiro atoms. The summed E-state index contributed by atoms with van der Waals surface area (Å²) in [5.41, 5.74) is 2.23. The van der Waals surface area contributed by atoms with Crippen molar-refractivity contribution in [2.24, 2.45) is 0 Å². The molecule has 0 bridgehead atoms. The summed E-state index contributed by atoms with van der Waals surface area (Å²) in [6, 6.07) is 18.2. The third-order valence-electron chi connectivity index (χ3n) is 4.59. The van der Waals surface area contributed by atoms with Gasteiger partial charge in [0.2, 0.25) is 9.84 Å². The Kier molecular flexibility index (Phi) is 7.47. The minimum Gasteiger partial charge on any atom is -0.493 e. The van der Waals surface area contributed by atoms with E-state index in [2.05, 4.69) is 0 Å². The van der Waals surface area contributed by atoms with Gasteiger partial charge < -0.3 is 9.47 Å². The minimum atomic E-state index is -3.95. The standard InChI is InChI=1S/C24H19Cl2NO4S/c1-16-3-7-19(8-4-16)32(28,29)20(14-27)11-17-6-10-23(24(13-17)30-2)31-15-18-5-9-21(25)22(26)12-18/h3-13H,15H2,1-2H3. The van der Waals surface area contributed by atoms with E-state index >= 15 is 0 Å². The van der Waals surface area contributed by atoms with Crippen LogP contribution in [0.3, 0.4) is 0 Å². The summed E-state index contributed by atoms with van der Waals surface area (Å²) < 4.78 is 36.9. The smallest absolute Gasteiger partial charge is 0.216 e. The van der Waals surface area contributed by atoms with Crippen LogP contribution in [0.2, 0.25) is 10.0 Å². The number of methoxy groups -OCH3 is 1. The normalized spacial score (nSPS) is 11.7. The molecule has 0 aliphatic rings. The molecular formula is C24H19Cl2NO4S. The highest BCUT2D eigenvalue weighted by atomic mass is 35.5. The number of hydrogen-bond donors (Lipinski definition) is 0. The van der Waals surface area contributed by atoms with Gasteiger partial charge in [-0.1, -0.05) is 53.0 Å². The molecule has 0 N–H and O–H groups in total. The molecule has 164 valence electrons. The monoisotopic (exact) mass is 487 g/mol. The van der Waals surface area contributed by atoms with E-state index < -0.39 is 9.84 Å². The quantitative estimate of drug-likeness (QED) is 0.369. The van der Waals surface area contributed by atoms with Crippen molar-refractivity contribution >= 4 is 39.1 Å². The fraction of sp³-hybridized carbons (Fsp3) is 0.125. The summed E-state index contributed by atoms with van der Waals surface area (Å²) in [7, 11) is -2.47. The van der Waals surface area contributed by atoms with Gasteiger partial charge in [-0.3, -0.25) is 0 Å². The number of halogens is 2. The van der Waals surface area contributed by atoms with Gasteiger partial charge in [-0.15, -0.1) is 0 Å². The second kappa shape index (κ2) is 10.1. The number of rotatable bonds is 7. The largest absolute Gasteiger partial charge is 0.493 e. The average molecular weight is 488 g/mol. The van der Waals surface area contributed by atoms with Crippen molar-refractivity contribution < 1.29 is 17.9 Å². The van der Waals surface area contributed by atoms with Crippen molar-refractivity contribution in [1.29, 1.82) is 5.26 Å². The lowest BCUT2D eigenvalue weighted by molar-refractivity contribution is 0.284. The van der Waals surface area contributed by atoms with Gasteiger partial charge in [-0.25, -0.2) is 8.42 Å². The van der Waals surface area contributed by atoms with E-state index in [4.69, 9.17) is 32.7 Å². The van der Waals surface area contributed by atoms with Crippen molar-refractivity contribution in [3.8, 4) is 17.6 Å². The SMILES string of the molecule is COc1cc(C=C(C#N)S(=O)(=O)c2ccc(C)cc2)ccc1OCc1ccc(Cl)c(Cl)c1. The Labute approximate surface area is 197 Å². The first-order chi connectivity index (χ1) is 15.2. The molecule has 0 unspecified atom stereocenters. The molecule has 0 aromatic heterocycles. The number of hydrogen-bond acceptors (Lipinski definition) is 5. The highest BCUT2D eigenvalue weighted by Gasteiger charge is 2.21. The van der Waals surface area contributed by atoms with Crippen molar-refractivity contribution in [2.45, 2.75) is 18.4 Å². The van der Waals surface area contributed by atoms with Gasteiger partial charge in [0, 0.05) is 0 Å². The molecule has 3 rings (SSSR count). The maximum atomic E-state index is 12.8. The van der Waals surface area contributed by atoms with Crippen molar-refractivity contribution in [1.82, 2.24) is 0 Å². The molecule has 0 radical (unpaired) electrons. The number of ether oxygens (including phenoxy) is 2. The fourth-order valence-electron chi connectivity index (χ4n) is 2.85. The second-order valence-electron chi connectivity index (χ2n) is 6.88. The minimum absolute atomic E-state index is 0.0597. The van der Waals surface area contributed by atoms with Crippen LogP contribution in [0.1, 0.15) is 16.7 Å². The van der Waals surface area contributed by atoms with Gasteiger partial charge >= 0.3 is 0 Å². The third kappa shape index (κ3) is 5.43. The van der Waals surface area contributed by atoms with Crippen molar-refractivity contribution in [3.05, 3.63) is 92.3 Å². The number of nitrogens with zero attached hydrogens (tertiary/aromatic N) is 1. The predicted molar refractivity (Wildman–Crippen MR) is 126 cm³/mol. The summed E-state index contributed by atoms with van der Waals surface area (Å²) in [6.07, 6.45) is 1.31. The summed E-state index contributed by atoms with van der Waals surface area (Å²) >= 11 is 12.0. The maximum Gasteiger partial charge on any atom is 0.216 e. The van der Waals surface area contributed by atoms with Crippen LogP contribution in [0, 0.1) is 18.3 Å². The zero-order chi connectivity index (χ0) is 23.3. The lowest BCUT2D eigenvalue weighted by Gasteiger charge is -2.12. The predicted octanol–water partition coefficient (Wildman–Crippen LogP) is 6.23. The zero-order valence-corrected chi connectivity index (χ0v) is 19.6. The van der Waals surface area contributed by atoms with Gasteiger partial charge in [0.15, 0.2) is 11.5 Å². The lowest BCUT2D eigenvalue weighted by Crippen LogP contribution is -2.03. The first-order valence-corrected chi connectivity index (χ1v) is 11.7. The Morgan fingerprint density at radius 2 is 1.72 bits per heavy atom. The number of nitriles is 1. The van der Waals surface area contributed by atoms with Crippen LogP contribution < -0.4 is 9.47 Å². The van der Waals surface area contributed by atoms with Gasteiger partial charge in [0.05, 0.1) is 22.1 Å². The molecule has 0 saturated heterocycles. The van der Waals surface area contributed by atoms with E-state index in [1.165, 1.54) is 25.3 Å². The molecule has 0 heterocycles. The summed E-state index contributed by atoms with van der Waals surface area (Å²) in [6.45, 7) is 2.09. The summed E-state index contributed by atoms with van der Waals surface area (Å²) in [5.74, 6) is 0.847. The molecule has 8 heteroatoms. The molecule has 0 fully saturated rings. The number of aryl methyl sites for hydroxylation is 1. The van der Waals surface area contributed by atoms with Crippen LogP contribution in [0.15, 0.2) is 70.5 Å². The number of allylic oxidation sites excluding steroid dienone is 1. The van der Waals surface area contributed by atoms with Crippen LogP contribution in [-0.2, 0) is 16.4 Å². The van der Waals surface area contributed by atoms with Gasteiger partial charge in [-0.05, 0) is 60.5 Å². The molecule has 32 heavy (non-hydrogen) atoms. The van der Waals surface area contributed by atoms with E-state index in [-0.39, 0.29) is 16.4 Å². The average Bonchev–Trinajstić information content (AvgIpc) is 2.78. The van der Waals surface area contributed by atoms with Gasteiger partial charge in [0.25, 0.3) is 0 Å². The van der Waals surface area contributed by atoms with E-state index in [1.54, 1.807) is 54.6 Å². The molecule has 0 amide bonds. The lowest BCUT2D eigenvalue weighted by atomic mass is 10.2. The Morgan fingerprint density at radius 3 is 2.34 bits per heavy atom. The highest BCUT2D eigenvalue weighted by Crippen LogP contribution is 2.31. The first-order valence-electron chi connectivity index (χ1n) is 9.43.